The number of halogens is 2. The number of pyridine rings is 1. The number of benzene rings is 1. The predicted octanol–water partition coefficient (Wildman–Crippen LogP) is 4.57. The third-order valence-corrected chi connectivity index (χ3v) is 4.46. The Balaban J connectivity index is 1.64. The topological polar surface area (TPSA) is 68.0 Å². The molecule has 0 aliphatic rings. The number of fused-ring (bicyclic) bond motifs is 1. The van der Waals surface area contributed by atoms with Gasteiger partial charge < -0.3 is 9.73 Å². The molecule has 1 aromatic carbocycles. The Bertz CT molecular complexity index is 849. The van der Waals surface area contributed by atoms with Gasteiger partial charge in [0.05, 0.1) is 21.5 Å². The van der Waals surface area contributed by atoms with Crippen molar-refractivity contribution in [1.29, 1.82) is 0 Å². The van der Waals surface area contributed by atoms with Gasteiger partial charge in [0, 0.05) is 0 Å². The van der Waals surface area contributed by atoms with E-state index in [9.17, 15) is 4.79 Å². The zero-order valence-electron chi connectivity index (χ0n) is 12.0. The molecule has 1 N–H and O–H groups in total. The number of nitrogens with zero attached hydrogens (tertiary/aromatic N) is 2. The van der Waals surface area contributed by atoms with Crippen molar-refractivity contribution in [3.8, 4) is 0 Å². The van der Waals surface area contributed by atoms with Gasteiger partial charge in [-0.25, -0.2) is 9.97 Å². The maximum absolute atomic E-state index is 12.0. The first-order valence-electron chi connectivity index (χ1n) is 6.64. The van der Waals surface area contributed by atoms with Gasteiger partial charge in [-0.1, -0.05) is 47.1 Å². The summed E-state index contributed by atoms with van der Waals surface area (Å²) in [6, 6.07) is 8.97. The number of thioether (sulfide) groups is 1. The Kier molecular flexibility index (Phi) is 4.75. The van der Waals surface area contributed by atoms with Crippen molar-refractivity contribution in [3.05, 3.63) is 46.1 Å². The summed E-state index contributed by atoms with van der Waals surface area (Å²) in [7, 11) is 0. The number of hydrogen-bond acceptors (Lipinski definition) is 5. The fourth-order valence-electron chi connectivity index (χ4n) is 1.85. The second-order valence-electron chi connectivity index (χ2n) is 4.67. The number of rotatable bonds is 4. The van der Waals surface area contributed by atoms with E-state index in [4.69, 9.17) is 27.6 Å². The number of aromatic nitrogens is 2. The maximum Gasteiger partial charge on any atom is 0.257 e. The smallest absolute Gasteiger partial charge is 0.257 e. The minimum atomic E-state index is -0.256. The van der Waals surface area contributed by atoms with Gasteiger partial charge in [-0.3, -0.25) is 4.79 Å². The quantitative estimate of drug-likeness (QED) is 0.684. The molecule has 118 valence electrons. The Hall–Kier alpha value is -1.76. The second kappa shape index (κ2) is 6.78. The molecule has 5 nitrogen and oxygen atoms in total. The van der Waals surface area contributed by atoms with Gasteiger partial charge in [0.15, 0.2) is 11.4 Å². The van der Waals surface area contributed by atoms with E-state index in [0.29, 0.717) is 26.5 Å². The Labute approximate surface area is 146 Å². The lowest BCUT2D eigenvalue weighted by Gasteiger charge is -2.07. The summed E-state index contributed by atoms with van der Waals surface area (Å²) in [6.45, 7) is 1.74. The SMILES string of the molecule is Cc1nc(NC(=O)CSc2nc3ccccc3o2)c(Cl)cc1Cl. The molecule has 0 saturated heterocycles. The molecule has 23 heavy (non-hydrogen) atoms. The van der Waals surface area contributed by atoms with E-state index in [0.717, 1.165) is 5.52 Å². The van der Waals surface area contributed by atoms with Crippen molar-refractivity contribution in [1.82, 2.24) is 9.97 Å². The van der Waals surface area contributed by atoms with E-state index in [1.54, 1.807) is 13.0 Å². The molecule has 0 aliphatic carbocycles. The minimum absolute atomic E-state index is 0.131. The van der Waals surface area contributed by atoms with Crippen molar-refractivity contribution in [3.63, 3.8) is 0 Å². The van der Waals surface area contributed by atoms with E-state index in [2.05, 4.69) is 15.3 Å². The summed E-state index contributed by atoms with van der Waals surface area (Å²) < 4.78 is 5.54. The van der Waals surface area contributed by atoms with E-state index < -0.39 is 0 Å². The van der Waals surface area contributed by atoms with E-state index >= 15 is 0 Å². The molecule has 2 aromatic heterocycles. The minimum Gasteiger partial charge on any atom is -0.431 e. The Morgan fingerprint density at radius 3 is 2.83 bits per heavy atom. The van der Waals surface area contributed by atoms with Crippen LogP contribution in [0.1, 0.15) is 5.69 Å². The van der Waals surface area contributed by atoms with Crippen LogP contribution in [-0.2, 0) is 4.79 Å². The standard InChI is InChI=1S/C15H11Cl2N3O2S/c1-8-9(16)6-10(17)14(18-8)20-13(21)7-23-15-19-11-4-2-3-5-12(11)22-15/h2-6H,7H2,1H3,(H,18,20,21). The number of para-hydroxylation sites is 2. The molecule has 0 fully saturated rings. The van der Waals surface area contributed by atoms with Crippen molar-refractivity contribution >= 4 is 57.8 Å². The van der Waals surface area contributed by atoms with Gasteiger partial charge >= 0.3 is 0 Å². The van der Waals surface area contributed by atoms with Crippen LogP contribution in [0.25, 0.3) is 11.1 Å². The molecule has 2 heterocycles. The number of anilines is 1. The van der Waals surface area contributed by atoms with Gasteiger partial charge in [0.25, 0.3) is 5.22 Å². The molecule has 3 aromatic rings. The van der Waals surface area contributed by atoms with Crippen LogP contribution in [0.4, 0.5) is 5.82 Å². The monoisotopic (exact) mass is 367 g/mol. The maximum atomic E-state index is 12.0. The van der Waals surface area contributed by atoms with Gasteiger partial charge in [-0.2, -0.15) is 0 Å². The first-order valence-corrected chi connectivity index (χ1v) is 8.38. The molecular formula is C15H11Cl2N3O2S. The zero-order valence-corrected chi connectivity index (χ0v) is 14.3. The van der Waals surface area contributed by atoms with Crippen LogP contribution in [0.3, 0.4) is 0 Å². The summed E-state index contributed by atoms with van der Waals surface area (Å²) >= 11 is 13.1. The highest BCUT2D eigenvalue weighted by Gasteiger charge is 2.12. The summed E-state index contributed by atoms with van der Waals surface area (Å²) in [4.78, 5) is 20.5. The van der Waals surface area contributed by atoms with Crippen LogP contribution >= 0.6 is 35.0 Å². The van der Waals surface area contributed by atoms with E-state index in [-0.39, 0.29) is 17.5 Å². The average Bonchev–Trinajstić information content (AvgIpc) is 2.93. The molecule has 0 atom stereocenters. The predicted molar refractivity (Wildman–Crippen MR) is 92.4 cm³/mol. The molecule has 3 rings (SSSR count). The highest BCUT2D eigenvalue weighted by molar-refractivity contribution is 7.99. The third-order valence-electron chi connectivity index (χ3n) is 2.96. The lowest BCUT2D eigenvalue weighted by Crippen LogP contribution is -2.15. The Morgan fingerprint density at radius 1 is 1.26 bits per heavy atom. The van der Waals surface area contributed by atoms with Crippen LogP contribution in [0.15, 0.2) is 40.0 Å². The summed E-state index contributed by atoms with van der Waals surface area (Å²) in [6.07, 6.45) is 0. The molecule has 0 bridgehead atoms. The van der Waals surface area contributed by atoms with Crippen LogP contribution in [-0.4, -0.2) is 21.6 Å². The van der Waals surface area contributed by atoms with Gasteiger partial charge in [0.2, 0.25) is 5.91 Å². The molecule has 0 unspecified atom stereocenters. The fourth-order valence-corrected chi connectivity index (χ4v) is 2.90. The number of carbonyl (C=O) groups excluding carboxylic acids is 1. The van der Waals surface area contributed by atoms with Crippen molar-refractivity contribution in [2.24, 2.45) is 0 Å². The van der Waals surface area contributed by atoms with Crippen LogP contribution < -0.4 is 5.32 Å². The number of carbonyl (C=O) groups is 1. The third kappa shape index (κ3) is 3.77. The Morgan fingerprint density at radius 2 is 2.04 bits per heavy atom. The van der Waals surface area contributed by atoms with Crippen molar-refractivity contribution in [2.75, 3.05) is 11.1 Å². The zero-order chi connectivity index (χ0) is 16.4. The number of nitrogens with one attached hydrogen (secondary N) is 1. The highest BCUT2D eigenvalue weighted by atomic mass is 35.5. The van der Waals surface area contributed by atoms with Crippen molar-refractivity contribution in [2.45, 2.75) is 12.1 Å². The molecule has 1 amide bonds. The van der Waals surface area contributed by atoms with E-state index in [1.165, 1.54) is 11.8 Å². The summed E-state index contributed by atoms with van der Waals surface area (Å²) in [5.74, 6) is 0.164. The van der Waals surface area contributed by atoms with Gasteiger partial charge in [0.1, 0.15) is 5.52 Å². The first-order chi connectivity index (χ1) is 11.0. The number of hydrogen-bond donors (Lipinski definition) is 1. The van der Waals surface area contributed by atoms with Gasteiger partial charge in [-0.15, -0.1) is 0 Å². The lowest BCUT2D eigenvalue weighted by atomic mass is 10.3. The first kappa shape index (κ1) is 16.1. The highest BCUT2D eigenvalue weighted by Crippen LogP contribution is 2.26. The molecular weight excluding hydrogens is 357 g/mol. The molecule has 8 heteroatoms. The van der Waals surface area contributed by atoms with Crippen LogP contribution in [0, 0.1) is 6.92 Å². The lowest BCUT2D eigenvalue weighted by molar-refractivity contribution is -0.113. The number of aryl methyl sites for hydroxylation is 1. The van der Waals surface area contributed by atoms with Gasteiger partial charge in [-0.05, 0) is 25.1 Å². The van der Waals surface area contributed by atoms with Crippen LogP contribution in [0.2, 0.25) is 10.0 Å². The molecule has 0 radical (unpaired) electrons. The van der Waals surface area contributed by atoms with E-state index in [1.807, 2.05) is 24.3 Å². The molecule has 0 aliphatic heterocycles. The molecule has 0 saturated carbocycles. The average molecular weight is 368 g/mol. The fraction of sp³-hybridized carbons (Fsp3) is 0.133. The largest absolute Gasteiger partial charge is 0.431 e. The number of amides is 1. The second-order valence-corrected chi connectivity index (χ2v) is 6.41. The van der Waals surface area contributed by atoms with Crippen LogP contribution in [0.5, 0.6) is 0 Å². The summed E-state index contributed by atoms with van der Waals surface area (Å²) in [5, 5.41) is 3.83. The van der Waals surface area contributed by atoms with Crippen molar-refractivity contribution < 1.29 is 9.21 Å². The normalized spacial score (nSPS) is 10.9. The molecule has 0 spiro atoms. The number of oxazole rings is 1. The summed E-state index contributed by atoms with van der Waals surface area (Å²) in [5.41, 5.74) is 2.04.